The zero-order valence-corrected chi connectivity index (χ0v) is 16.2. The normalized spacial score (nSPS) is 11.0. The summed E-state index contributed by atoms with van der Waals surface area (Å²) in [4.78, 5) is 38.5. The van der Waals surface area contributed by atoms with Gasteiger partial charge in [-0.15, -0.1) is 11.3 Å². The first-order valence-electron chi connectivity index (χ1n) is 8.79. The minimum atomic E-state index is -0.660. The summed E-state index contributed by atoms with van der Waals surface area (Å²) in [5, 5.41) is 4.45. The number of rotatable bonds is 4. The van der Waals surface area contributed by atoms with Crippen molar-refractivity contribution in [2.75, 3.05) is 5.32 Å². The average molecular weight is 409 g/mol. The summed E-state index contributed by atoms with van der Waals surface area (Å²) in [5.74, 6) is -0.869. The van der Waals surface area contributed by atoms with E-state index in [4.69, 9.17) is 0 Å². The summed E-state index contributed by atoms with van der Waals surface area (Å²) in [6.07, 6.45) is 0. The molecule has 0 unspecified atom stereocenters. The molecule has 29 heavy (non-hydrogen) atoms. The Morgan fingerprint density at radius 2 is 1.86 bits per heavy atom. The van der Waals surface area contributed by atoms with Crippen molar-refractivity contribution in [2.45, 2.75) is 13.5 Å². The molecular weight excluding hydrogens is 393 g/mol. The van der Waals surface area contributed by atoms with Crippen molar-refractivity contribution in [1.29, 1.82) is 0 Å². The van der Waals surface area contributed by atoms with E-state index in [2.05, 4.69) is 5.32 Å². The highest BCUT2D eigenvalue weighted by atomic mass is 32.1. The van der Waals surface area contributed by atoms with Gasteiger partial charge in [-0.05, 0) is 60.3 Å². The standard InChI is InChI=1S/C21H16FN3O3S/c1-13-3-2-4-15(11-13)23-18(26)12-24-17-9-10-29-19(17)20(27)25(21(24)28)16-7-5-14(22)6-8-16/h2-11H,12H2,1H3,(H,23,26). The third kappa shape index (κ3) is 3.62. The first-order valence-corrected chi connectivity index (χ1v) is 9.67. The van der Waals surface area contributed by atoms with Crippen LogP contribution < -0.4 is 16.6 Å². The molecule has 4 rings (SSSR count). The predicted octanol–water partition coefficient (Wildman–Crippen LogP) is 3.30. The van der Waals surface area contributed by atoms with Gasteiger partial charge in [-0.25, -0.2) is 13.8 Å². The second-order valence-electron chi connectivity index (χ2n) is 6.54. The summed E-state index contributed by atoms with van der Waals surface area (Å²) in [6, 6.07) is 14.0. The Labute approximate surface area is 168 Å². The molecule has 2 aromatic carbocycles. The largest absolute Gasteiger partial charge is 0.336 e. The number of thiophene rings is 1. The molecule has 0 fully saturated rings. The number of carbonyl (C=O) groups is 1. The van der Waals surface area contributed by atoms with Gasteiger partial charge in [0, 0.05) is 5.69 Å². The van der Waals surface area contributed by atoms with E-state index in [1.807, 2.05) is 25.1 Å². The van der Waals surface area contributed by atoms with Gasteiger partial charge >= 0.3 is 5.69 Å². The van der Waals surface area contributed by atoms with Crippen LogP contribution in [-0.2, 0) is 11.3 Å². The molecule has 2 aromatic heterocycles. The van der Waals surface area contributed by atoms with Crippen molar-refractivity contribution < 1.29 is 9.18 Å². The molecule has 0 bridgehead atoms. The van der Waals surface area contributed by atoms with E-state index in [0.717, 1.165) is 10.1 Å². The Kier molecular flexibility index (Phi) is 4.85. The second-order valence-corrected chi connectivity index (χ2v) is 7.45. The molecule has 0 aliphatic rings. The van der Waals surface area contributed by atoms with Gasteiger partial charge < -0.3 is 5.32 Å². The first-order chi connectivity index (χ1) is 13.9. The van der Waals surface area contributed by atoms with Crippen molar-refractivity contribution >= 4 is 33.1 Å². The number of hydrogen-bond donors (Lipinski definition) is 1. The number of nitrogens with zero attached hydrogens (tertiary/aromatic N) is 2. The SMILES string of the molecule is Cc1cccc(NC(=O)Cn2c(=O)n(-c3ccc(F)cc3)c(=O)c3sccc32)c1. The van der Waals surface area contributed by atoms with Crippen LogP contribution in [0.15, 0.2) is 69.6 Å². The minimum Gasteiger partial charge on any atom is -0.325 e. The molecule has 0 aliphatic carbocycles. The molecule has 0 spiro atoms. The van der Waals surface area contributed by atoms with Gasteiger partial charge in [-0.2, -0.15) is 0 Å². The number of nitrogens with one attached hydrogen (secondary N) is 1. The third-order valence-corrected chi connectivity index (χ3v) is 5.33. The number of aromatic nitrogens is 2. The van der Waals surface area contributed by atoms with E-state index >= 15 is 0 Å². The smallest absolute Gasteiger partial charge is 0.325 e. The number of aryl methyl sites for hydroxylation is 1. The Balaban J connectivity index is 1.79. The summed E-state index contributed by atoms with van der Waals surface area (Å²) < 4.78 is 15.8. The van der Waals surface area contributed by atoms with E-state index in [9.17, 15) is 18.8 Å². The minimum absolute atomic E-state index is 0.240. The van der Waals surface area contributed by atoms with Crippen LogP contribution in [0.4, 0.5) is 10.1 Å². The van der Waals surface area contributed by atoms with Crippen LogP contribution in [0.2, 0.25) is 0 Å². The zero-order valence-electron chi connectivity index (χ0n) is 15.4. The van der Waals surface area contributed by atoms with Gasteiger partial charge in [0.25, 0.3) is 5.56 Å². The number of carbonyl (C=O) groups excluding carboxylic acids is 1. The van der Waals surface area contributed by atoms with Crippen LogP contribution in [0.1, 0.15) is 5.56 Å². The van der Waals surface area contributed by atoms with E-state index in [1.54, 1.807) is 17.5 Å². The fraction of sp³-hybridized carbons (Fsp3) is 0.0952. The van der Waals surface area contributed by atoms with Crippen molar-refractivity contribution in [3.63, 3.8) is 0 Å². The summed E-state index contributed by atoms with van der Waals surface area (Å²) in [6.45, 7) is 1.65. The fourth-order valence-corrected chi connectivity index (χ4v) is 3.95. The Bertz CT molecular complexity index is 1340. The van der Waals surface area contributed by atoms with Crippen LogP contribution in [0.3, 0.4) is 0 Å². The van der Waals surface area contributed by atoms with Crippen molar-refractivity contribution in [2.24, 2.45) is 0 Å². The zero-order chi connectivity index (χ0) is 20.5. The van der Waals surface area contributed by atoms with E-state index in [-0.39, 0.29) is 12.2 Å². The number of hydrogen-bond acceptors (Lipinski definition) is 4. The van der Waals surface area contributed by atoms with Gasteiger partial charge in [-0.3, -0.25) is 14.2 Å². The van der Waals surface area contributed by atoms with Crippen LogP contribution in [0, 0.1) is 12.7 Å². The average Bonchev–Trinajstić information content (AvgIpc) is 3.17. The Morgan fingerprint density at radius 1 is 1.10 bits per heavy atom. The van der Waals surface area contributed by atoms with Gasteiger partial charge in [0.05, 0.1) is 11.2 Å². The highest BCUT2D eigenvalue weighted by Crippen LogP contribution is 2.17. The molecule has 146 valence electrons. The number of fused-ring (bicyclic) bond motifs is 1. The van der Waals surface area contributed by atoms with E-state index in [1.165, 1.54) is 40.2 Å². The van der Waals surface area contributed by atoms with Crippen molar-refractivity contribution in [1.82, 2.24) is 9.13 Å². The maximum atomic E-state index is 13.3. The number of anilines is 1. The van der Waals surface area contributed by atoms with Gasteiger partial charge in [0.15, 0.2) is 0 Å². The first kappa shape index (κ1) is 18.8. The molecule has 4 aromatic rings. The third-order valence-electron chi connectivity index (χ3n) is 4.44. The van der Waals surface area contributed by atoms with Gasteiger partial charge in [-0.1, -0.05) is 12.1 Å². The predicted molar refractivity (Wildman–Crippen MR) is 111 cm³/mol. The van der Waals surface area contributed by atoms with Crippen LogP contribution in [0.5, 0.6) is 0 Å². The Hall–Kier alpha value is -3.52. The summed E-state index contributed by atoms with van der Waals surface area (Å²) in [5.41, 5.74) is 1.09. The second kappa shape index (κ2) is 7.48. The lowest BCUT2D eigenvalue weighted by Gasteiger charge is -2.12. The highest BCUT2D eigenvalue weighted by Gasteiger charge is 2.17. The van der Waals surface area contributed by atoms with Crippen molar-refractivity contribution in [3.8, 4) is 5.69 Å². The summed E-state index contributed by atoms with van der Waals surface area (Å²) >= 11 is 1.18. The molecule has 1 N–H and O–H groups in total. The maximum Gasteiger partial charge on any atom is 0.336 e. The molecule has 0 atom stereocenters. The number of benzene rings is 2. The molecule has 0 radical (unpaired) electrons. The number of amides is 1. The molecule has 2 heterocycles. The quantitative estimate of drug-likeness (QED) is 0.562. The molecule has 6 nitrogen and oxygen atoms in total. The lowest BCUT2D eigenvalue weighted by atomic mass is 10.2. The van der Waals surface area contributed by atoms with Gasteiger partial charge in [0.2, 0.25) is 5.91 Å². The Morgan fingerprint density at radius 3 is 2.59 bits per heavy atom. The van der Waals surface area contributed by atoms with Crippen LogP contribution in [0.25, 0.3) is 15.9 Å². The highest BCUT2D eigenvalue weighted by molar-refractivity contribution is 7.17. The molecule has 1 amide bonds. The monoisotopic (exact) mass is 409 g/mol. The maximum absolute atomic E-state index is 13.3. The van der Waals surface area contributed by atoms with Crippen molar-refractivity contribution in [3.05, 3.63) is 92.2 Å². The van der Waals surface area contributed by atoms with Crippen LogP contribution in [-0.4, -0.2) is 15.0 Å². The number of halogens is 1. The van der Waals surface area contributed by atoms with E-state index in [0.29, 0.717) is 15.9 Å². The lowest BCUT2D eigenvalue weighted by molar-refractivity contribution is -0.116. The molecule has 0 aliphatic heterocycles. The van der Waals surface area contributed by atoms with Gasteiger partial charge in [0.1, 0.15) is 17.1 Å². The fourth-order valence-electron chi connectivity index (χ4n) is 3.12. The molecule has 0 saturated heterocycles. The summed E-state index contributed by atoms with van der Waals surface area (Å²) in [7, 11) is 0. The van der Waals surface area contributed by atoms with Crippen LogP contribution >= 0.6 is 11.3 Å². The molecule has 0 saturated carbocycles. The molecule has 8 heteroatoms. The molecular formula is C21H16FN3O3S. The lowest BCUT2D eigenvalue weighted by Crippen LogP contribution is -2.40. The van der Waals surface area contributed by atoms with E-state index < -0.39 is 23.0 Å². The topological polar surface area (TPSA) is 73.1 Å².